The first-order valence-corrected chi connectivity index (χ1v) is 19.7. The Morgan fingerprint density at radius 3 is 1.85 bits per heavy atom. The maximum Gasteiger partial charge on any atom is 0.0657 e. The number of anilines is 5. The Labute approximate surface area is 328 Å². The molecule has 2 nitrogen and oxygen atoms in total. The third kappa shape index (κ3) is 6.07. The van der Waals surface area contributed by atoms with Crippen molar-refractivity contribution < 1.29 is 0 Å². The molecule has 8 aromatic rings. The van der Waals surface area contributed by atoms with E-state index in [1.54, 1.807) is 0 Å². The minimum absolute atomic E-state index is 0.0210. The molecule has 0 saturated carbocycles. The first kappa shape index (κ1) is 34.4. The summed E-state index contributed by atoms with van der Waals surface area (Å²) in [5.41, 5.74) is 14.6. The SMILES string of the molecule is C=C/C=C\C=C(/C)N(c1ccccc1)c1cc(N(c2ccccc2)c2ccccc2)cc2c1sc1ccc(-c3ccc4c(c3)-c3ccccc3C4(C)C)cc12. The van der Waals surface area contributed by atoms with E-state index >= 15 is 0 Å². The molecule has 1 heterocycles. The summed E-state index contributed by atoms with van der Waals surface area (Å²) in [6.07, 6.45) is 8.02. The van der Waals surface area contributed by atoms with E-state index in [-0.39, 0.29) is 5.41 Å². The average Bonchev–Trinajstić information content (AvgIpc) is 3.71. The van der Waals surface area contributed by atoms with Gasteiger partial charge in [-0.1, -0.05) is 136 Å². The summed E-state index contributed by atoms with van der Waals surface area (Å²) in [4.78, 5) is 4.76. The summed E-state index contributed by atoms with van der Waals surface area (Å²) < 4.78 is 2.50. The van der Waals surface area contributed by atoms with Crippen molar-refractivity contribution in [2.24, 2.45) is 0 Å². The summed E-state index contributed by atoms with van der Waals surface area (Å²) in [6.45, 7) is 10.8. The zero-order chi connectivity index (χ0) is 37.5. The molecule has 9 rings (SSSR count). The van der Waals surface area contributed by atoms with Crippen molar-refractivity contribution >= 4 is 59.9 Å². The molecule has 0 bridgehead atoms. The van der Waals surface area contributed by atoms with Crippen LogP contribution in [0.4, 0.5) is 28.4 Å². The van der Waals surface area contributed by atoms with Crippen LogP contribution in [-0.2, 0) is 5.41 Å². The summed E-state index contributed by atoms with van der Waals surface area (Å²) in [6, 6.07) is 59.8. The summed E-state index contributed by atoms with van der Waals surface area (Å²) in [7, 11) is 0. The molecule has 0 atom stereocenters. The minimum Gasteiger partial charge on any atom is -0.313 e. The predicted molar refractivity (Wildman–Crippen MR) is 239 cm³/mol. The second-order valence-corrected chi connectivity index (χ2v) is 15.7. The number of allylic oxidation sites excluding steroid dienone is 5. The highest BCUT2D eigenvalue weighted by Crippen LogP contribution is 2.51. The van der Waals surface area contributed by atoms with Crippen molar-refractivity contribution in [3.63, 3.8) is 0 Å². The van der Waals surface area contributed by atoms with Gasteiger partial charge in [0.05, 0.1) is 10.4 Å². The number of thiophene rings is 1. The van der Waals surface area contributed by atoms with Gasteiger partial charge in [-0.15, -0.1) is 11.3 Å². The van der Waals surface area contributed by atoms with Gasteiger partial charge in [-0.05, 0) is 113 Å². The van der Waals surface area contributed by atoms with E-state index in [9.17, 15) is 0 Å². The number of hydrogen-bond acceptors (Lipinski definition) is 3. The van der Waals surface area contributed by atoms with Gasteiger partial charge in [0.2, 0.25) is 0 Å². The van der Waals surface area contributed by atoms with Gasteiger partial charge in [-0.2, -0.15) is 0 Å². The van der Waals surface area contributed by atoms with Crippen LogP contribution in [-0.4, -0.2) is 0 Å². The largest absolute Gasteiger partial charge is 0.313 e. The Hall–Kier alpha value is -6.42. The van der Waals surface area contributed by atoms with E-state index in [1.165, 1.54) is 53.6 Å². The smallest absolute Gasteiger partial charge is 0.0657 e. The average molecular weight is 727 g/mol. The monoisotopic (exact) mass is 726 g/mol. The molecule has 7 aromatic carbocycles. The quantitative estimate of drug-likeness (QED) is 0.137. The van der Waals surface area contributed by atoms with Gasteiger partial charge >= 0.3 is 0 Å². The van der Waals surface area contributed by atoms with Crippen LogP contribution >= 0.6 is 11.3 Å². The molecule has 3 heteroatoms. The maximum atomic E-state index is 3.90. The van der Waals surface area contributed by atoms with Crippen molar-refractivity contribution in [3.8, 4) is 22.3 Å². The molecule has 0 unspecified atom stereocenters. The van der Waals surface area contributed by atoms with E-state index in [4.69, 9.17) is 0 Å². The number of benzene rings is 7. The molecule has 1 aliphatic carbocycles. The molecule has 0 aliphatic heterocycles. The van der Waals surface area contributed by atoms with E-state index in [2.05, 4.69) is 213 Å². The lowest BCUT2D eigenvalue weighted by Gasteiger charge is -2.30. The molecular weight excluding hydrogens is 685 g/mol. The van der Waals surface area contributed by atoms with Crippen LogP contribution in [0.3, 0.4) is 0 Å². The molecule has 0 amide bonds. The lowest BCUT2D eigenvalue weighted by Crippen LogP contribution is -2.16. The number of rotatable bonds is 9. The Kier molecular flexibility index (Phi) is 8.80. The highest BCUT2D eigenvalue weighted by Gasteiger charge is 2.35. The predicted octanol–water partition coefficient (Wildman–Crippen LogP) is 15.3. The van der Waals surface area contributed by atoms with Crippen LogP contribution in [0.5, 0.6) is 0 Å². The van der Waals surface area contributed by atoms with Crippen molar-refractivity contribution in [2.75, 3.05) is 9.80 Å². The Bertz CT molecular complexity index is 2720. The van der Waals surface area contributed by atoms with E-state index in [1.807, 2.05) is 23.5 Å². The highest BCUT2D eigenvalue weighted by molar-refractivity contribution is 7.26. The molecule has 0 spiro atoms. The van der Waals surface area contributed by atoms with E-state index in [0.29, 0.717) is 0 Å². The van der Waals surface area contributed by atoms with Crippen LogP contribution in [0.2, 0.25) is 0 Å². The third-order valence-corrected chi connectivity index (χ3v) is 12.1. The molecule has 1 aliphatic rings. The molecule has 0 N–H and O–H groups in total. The fraction of sp³-hybridized carbons (Fsp3) is 0.0769. The van der Waals surface area contributed by atoms with Gasteiger partial charge in [0.15, 0.2) is 0 Å². The van der Waals surface area contributed by atoms with Gasteiger partial charge in [0.1, 0.15) is 0 Å². The van der Waals surface area contributed by atoms with E-state index in [0.717, 1.165) is 34.1 Å². The molecule has 55 heavy (non-hydrogen) atoms. The van der Waals surface area contributed by atoms with Gasteiger partial charge in [-0.3, -0.25) is 0 Å². The molecular formula is C52H42N2S. The maximum absolute atomic E-state index is 3.90. The van der Waals surface area contributed by atoms with Crippen LogP contribution < -0.4 is 9.80 Å². The lowest BCUT2D eigenvalue weighted by atomic mass is 9.82. The zero-order valence-electron chi connectivity index (χ0n) is 31.4. The first-order chi connectivity index (χ1) is 26.9. The van der Waals surface area contributed by atoms with Crippen molar-refractivity contribution in [1.29, 1.82) is 0 Å². The van der Waals surface area contributed by atoms with Crippen LogP contribution in [0.15, 0.2) is 200 Å². The first-order valence-electron chi connectivity index (χ1n) is 18.9. The number of para-hydroxylation sites is 3. The standard InChI is InChI=1S/C52H42N2S/c1-5-6-10-19-36(2)53(39-20-11-7-12-21-39)49-35-42(54(40-22-13-8-14-23-40)41-24-15-9-16-25-41)34-46-45-33-38(29-31-50(45)55-51(46)49)37-28-30-48-44(32-37)43-26-17-18-27-47(43)52(48,3)4/h5-35H,1H2,2-4H3/b10-6-,36-19+. The topological polar surface area (TPSA) is 6.48 Å². The number of nitrogens with zero attached hydrogens (tertiary/aromatic N) is 2. The Morgan fingerprint density at radius 1 is 0.564 bits per heavy atom. The van der Waals surface area contributed by atoms with Crippen LogP contribution in [0.25, 0.3) is 42.4 Å². The molecule has 0 radical (unpaired) electrons. The van der Waals surface area contributed by atoms with Crippen molar-refractivity contribution in [1.82, 2.24) is 0 Å². The number of fused-ring (bicyclic) bond motifs is 6. The third-order valence-electron chi connectivity index (χ3n) is 10.9. The summed E-state index contributed by atoms with van der Waals surface area (Å²) in [5, 5.41) is 2.48. The van der Waals surface area contributed by atoms with Crippen molar-refractivity contribution in [3.05, 3.63) is 211 Å². The van der Waals surface area contributed by atoms with Crippen LogP contribution in [0.1, 0.15) is 31.9 Å². The van der Waals surface area contributed by atoms with Gasteiger partial charge < -0.3 is 9.80 Å². The fourth-order valence-electron chi connectivity index (χ4n) is 8.28. The highest BCUT2D eigenvalue weighted by atomic mass is 32.1. The Morgan fingerprint density at radius 2 is 1.16 bits per heavy atom. The molecule has 266 valence electrons. The van der Waals surface area contributed by atoms with Gasteiger partial charge in [0, 0.05) is 49.3 Å². The second-order valence-electron chi connectivity index (χ2n) is 14.7. The Balaban J connectivity index is 1.30. The molecule has 0 saturated heterocycles. The summed E-state index contributed by atoms with van der Waals surface area (Å²) >= 11 is 1.86. The van der Waals surface area contributed by atoms with Crippen molar-refractivity contribution in [2.45, 2.75) is 26.2 Å². The van der Waals surface area contributed by atoms with Crippen LogP contribution in [0, 0.1) is 0 Å². The second kappa shape index (κ2) is 14.1. The molecule has 0 fully saturated rings. The fourth-order valence-corrected chi connectivity index (χ4v) is 9.45. The lowest BCUT2D eigenvalue weighted by molar-refractivity contribution is 0.660. The normalized spacial score (nSPS) is 13.3. The minimum atomic E-state index is -0.0210. The van der Waals surface area contributed by atoms with E-state index < -0.39 is 0 Å². The molecule has 1 aromatic heterocycles. The zero-order valence-corrected chi connectivity index (χ0v) is 32.2. The van der Waals surface area contributed by atoms with Gasteiger partial charge in [0.25, 0.3) is 0 Å². The number of hydrogen-bond donors (Lipinski definition) is 0. The summed E-state index contributed by atoms with van der Waals surface area (Å²) in [5.74, 6) is 0. The van der Waals surface area contributed by atoms with Gasteiger partial charge in [-0.25, -0.2) is 0 Å².